The molecule has 3 aromatic rings. The van der Waals surface area contributed by atoms with Crippen LogP contribution in [-0.2, 0) is 0 Å². The van der Waals surface area contributed by atoms with E-state index >= 15 is 0 Å². The fourth-order valence-electron chi connectivity index (χ4n) is 2.41. The van der Waals surface area contributed by atoms with Gasteiger partial charge in [-0.25, -0.2) is 0 Å². The molecular weight excluding hydrogens is 280 g/mol. The number of benzene rings is 2. The summed E-state index contributed by atoms with van der Waals surface area (Å²) in [5.41, 5.74) is 1.82. The van der Waals surface area contributed by atoms with Crippen molar-refractivity contribution in [2.24, 2.45) is 0 Å². The second-order valence-electron chi connectivity index (χ2n) is 5.01. The van der Waals surface area contributed by atoms with Crippen molar-refractivity contribution in [1.29, 1.82) is 0 Å². The summed E-state index contributed by atoms with van der Waals surface area (Å²) in [5.74, 6) is 0.812. The van der Waals surface area contributed by atoms with Crippen molar-refractivity contribution in [3.05, 3.63) is 65.0 Å². The van der Waals surface area contributed by atoms with Crippen LogP contribution in [0.3, 0.4) is 0 Å². The van der Waals surface area contributed by atoms with E-state index in [-0.39, 0.29) is 0 Å². The highest BCUT2D eigenvalue weighted by Gasteiger charge is 2.14. The Hall–Kier alpha value is -1.84. The van der Waals surface area contributed by atoms with Crippen molar-refractivity contribution in [2.45, 2.75) is 19.4 Å². The molecule has 3 heteroatoms. The van der Waals surface area contributed by atoms with Crippen molar-refractivity contribution in [1.82, 2.24) is 0 Å². The lowest BCUT2D eigenvalue weighted by Crippen LogP contribution is -2.01. The SMILES string of the molecule is CCCOc1cccc(C(O)c2cccc3ccsc23)c1. The van der Waals surface area contributed by atoms with Crippen LogP contribution in [0.2, 0.25) is 0 Å². The molecule has 0 fully saturated rings. The van der Waals surface area contributed by atoms with Crippen LogP contribution < -0.4 is 4.74 Å². The first-order chi connectivity index (χ1) is 10.3. The van der Waals surface area contributed by atoms with Gasteiger partial charge in [-0.3, -0.25) is 0 Å². The van der Waals surface area contributed by atoms with Gasteiger partial charge >= 0.3 is 0 Å². The molecule has 0 spiro atoms. The fourth-order valence-corrected chi connectivity index (χ4v) is 3.34. The second kappa shape index (κ2) is 6.29. The van der Waals surface area contributed by atoms with Gasteiger partial charge in [-0.05, 0) is 40.9 Å². The minimum atomic E-state index is -0.627. The van der Waals surface area contributed by atoms with Gasteiger partial charge in [-0.1, -0.05) is 37.3 Å². The van der Waals surface area contributed by atoms with Crippen LogP contribution in [0.15, 0.2) is 53.9 Å². The highest BCUT2D eigenvalue weighted by Crippen LogP contribution is 2.33. The Morgan fingerprint density at radius 3 is 2.86 bits per heavy atom. The molecule has 0 aliphatic carbocycles. The molecule has 2 nitrogen and oxygen atoms in total. The van der Waals surface area contributed by atoms with Gasteiger partial charge in [-0.15, -0.1) is 11.3 Å². The first-order valence-corrected chi connectivity index (χ1v) is 8.04. The predicted octanol–water partition coefficient (Wildman–Crippen LogP) is 4.77. The highest BCUT2D eigenvalue weighted by molar-refractivity contribution is 7.17. The van der Waals surface area contributed by atoms with Crippen LogP contribution in [0.1, 0.15) is 30.6 Å². The van der Waals surface area contributed by atoms with Gasteiger partial charge in [0.05, 0.1) is 6.61 Å². The lowest BCUT2D eigenvalue weighted by Gasteiger charge is -2.14. The number of aliphatic hydroxyl groups excluding tert-OH is 1. The summed E-state index contributed by atoms with van der Waals surface area (Å²) in [4.78, 5) is 0. The van der Waals surface area contributed by atoms with Gasteiger partial charge in [0.1, 0.15) is 11.9 Å². The summed E-state index contributed by atoms with van der Waals surface area (Å²) in [5, 5.41) is 13.9. The summed E-state index contributed by atoms with van der Waals surface area (Å²) in [6.45, 7) is 2.77. The van der Waals surface area contributed by atoms with E-state index in [4.69, 9.17) is 4.74 Å². The predicted molar refractivity (Wildman–Crippen MR) is 88.1 cm³/mol. The molecule has 1 atom stereocenters. The quantitative estimate of drug-likeness (QED) is 0.735. The Labute approximate surface area is 128 Å². The zero-order chi connectivity index (χ0) is 14.7. The number of thiophene rings is 1. The molecule has 1 heterocycles. The van der Waals surface area contributed by atoms with Crippen molar-refractivity contribution in [3.63, 3.8) is 0 Å². The average Bonchev–Trinajstić information content (AvgIpc) is 3.01. The molecule has 21 heavy (non-hydrogen) atoms. The zero-order valence-electron chi connectivity index (χ0n) is 12.0. The Bertz CT molecular complexity index is 733. The number of ether oxygens (including phenoxy) is 1. The van der Waals surface area contributed by atoms with Crippen LogP contribution >= 0.6 is 11.3 Å². The Kier molecular flexibility index (Phi) is 4.23. The number of fused-ring (bicyclic) bond motifs is 1. The Balaban J connectivity index is 1.94. The molecule has 0 saturated carbocycles. The van der Waals surface area contributed by atoms with E-state index in [1.807, 2.05) is 36.4 Å². The average molecular weight is 298 g/mol. The topological polar surface area (TPSA) is 29.5 Å². The number of rotatable bonds is 5. The third-order valence-electron chi connectivity index (χ3n) is 3.45. The molecule has 0 saturated heterocycles. The molecule has 0 amide bonds. The van der Waals surface area contributed by atoms with Gasteiger partial charge in [0, 0.05) is 10.3 Å². The minimum Gasteiger partial charge on any atom is -0.494 e. The van der Waals surface area contributed by atoms with E-state index in [9.17, 15) is 5.11 Å². The number of hydrogen-bond acceptors (Lipinski definition) is 3. The molecule has 0 aliphatic rings. The van der Waals surface area contributed by atoms with Gasteiger partial charge < -0.3 is 9.84 Å². The Morgan fingerprint density at radius 2 is 2.00 bits per heavy atom. The van der Waals surface area contributed by atoms with E-state index in [2.05, 4.69) is 24.4 Å². The van der Waals surface area contributed by atoms with E-state index in [1.165, 1.54) is 5.39 Å². The molecule has 0 radical (unpaired) electrons. The summed E-state index contributed by atoms with van der Waals surface area (Å²) in [6, 6.07) is 15.9. The van der Waals surface area contributed by atoms with Crippen LogP contribution in [0.4, 0.5) is 0 Å². The highest BCUT2D eigenvalue weighted by atomic mass is 32.1. The molecule has 1 aromatic heterocycles. The number of aliphatic hydroxyl groups is 1. The van der Waals surface area contributed by atoms with Gasteiger partial charge in [0.2, 0.25) is 0 Å². The molecule has 2 aromatic carbocycles. The van der Waals surface area contributed by atoms with Crippen LogP contribution in [0.5, 0.6) is 5.75 Å². The van der Waals surface area contributed by atoms with Crippen molar-refractivity contribution >= 4 is 21.4 Å². The summed E-state index contributed by atoms with van der Waals surface area (Å²) >= 11 is 1.66. The van der Waals surface area contributed by atoms with Crippen LogP contribution in [-0.4, -0.2) is 11.7 Å². The van der Waals surface area contributed by atoms with Crippen molar-refractivity contribution in [3.8, 4) is 5.75 Å². The summed E-state index contributed by atoms with van der Waals surface area (Å²) in [7, 11) is 0. The van der Waals surface area contributed by atoms with Gasteiger partial charge in [0.15, 0.2) is 0 Å². The molecule has 0 aliphatic heterocycles. The fraction of sp³-hybridized carbons (Fsp3) is 0.222. The maximum atomic E-state index is 10.7. The normalized spacial score (nSPS) is 12.5. The largest absolute Gasteiger partial charge is 0.494 e. The lowest BCUT2D eigenvalue weighted by atomic mass is 10.0. The standard InChI is InChI=1S/C18H18O2S/c1-2-10-20-15-7-3-6-14(12-15)17(19)16-8-4-5-13-9-11-21-18(13)16/h3-9,11-12,17,19H,2,10H2,1H3. The first-order valence-electron chi connectivity index (χ1n) is 7.16. The van der Waals surface area contributed by atoms with E-state index in [0.717, 1.165) is 28.0 Å². The maximum Gasteiger partial charge on any atom is 0.119 e. The summed E-state index contributed by atoms with van der Waals surface area (Å²) in [6.07, 6.45) is 0.346. The summed E-state index contributed by atoms with van der Waals surface area (Å²) < 4.78 is 6.79. The second-order valence-corrected chi connectivity index (χ2v) is 5.93. The van der Waals surface area contributed by atoms with Gasteiger partial charge in [-0.2, -0.15) is 0 Å². The molecular formula is C18H18O2S. The minimum absolute atomic E-state index is 0.627. The molecule has 0 bridgehead atoms. The number of hydrogen-bond donors (Lipinski definition) is 1. The molecule has 1 unspecified atom stereocenters. The third-order valence-corrected chi connectivity index (χ3v) is 4.43. The van der Waals surface area contributed by atoms with Crippen LogP contribution in [0, 0.1) is 0 Å². The monoisotopic (exact) mass is 298 g/mol. The van der Waals surface area contributed by atoms with Crippen LogP contribution in [0.25, 0.3) is 10.1 Å². The Morgan fingerprint density at radius 1 is 1.14 bits per heavy atom. The van der Waals surface area contributed by atoms with E-state index in [0.29, 0.717) is 6.61 Å². The molecule has 1 N–H and O–H groups in total. The maximum absolute atomic E-state index is 10.7. The van der Waals surface area contributed by atoms with Crippen molar-refractivity contribution < 1.29 is 9.84 Å². The van der Waals surface area contributed by atoms with E-state index in [1.54, 1.807) is 11.3 Å². The smallest absolute Gasteiger partial charge is 0.119 e. The van der Waals surface area contributed by atoms with Gasteiger partial charge in [0.25, 0.3) is 0 Å². The lowest BCUT2D eigenvalue weighted by molar-refractivity contribution is 0.221. The molecule has 108 valence electrons. The first kappa shape index (κ1) is 14.1. The zero-order valence-corrected chi connectivity index (χ0v) is 12.8. The third kappa shape index (κ3) is 2.94. The molecule has 3 rings (SSSR count). The van der Waals surface area contributed by atoms with Crippen molar-refractivity contribution in [2.75, 3.05) is 6.61 Å². The van der Waals surface area contributed by atoms with E-state index < -0.39 is 6.10 Å².